The van der Waals surface area contributed by atoms with E-state index in [9.17, 15) is 0 Å². The number of thiophene rings is 1. The van der Waals surface area contributed by atoms with Gasteiger partial charge in [0.1, 0.15) is 5.75 Å². The van der Waals surface area contributed by atoms with E-state index in [0.29, 0.717) is 6.04 Å². The third-order valence-corrected chi connectivity index (χ3v) is 3.84. The molecule has 2 aromatic rings. The Bertz CT molecular complexity index is 452. The third-order valence-electron chi connectivity index (χ3n) is 2.82. The Morgan fingerprint density at radius 2 is 2.00 bits per heavy atom. The smallest absolute Gasteiger partial charge is 0.134 e. The number of ether oxygens (including phenoxy) is 1. The largest absolute Gasteiger partial charge is 0.496 e. The van der Waals surface area contributed by atoms with Gasteiger partial charge in [-0.25, -0.2) is 0 Å². The van der Waals surface area contributed by atoms with Crippen LogP contribution in [0.1, 0.15) is 16.5 Å². The van der Waals surface area contributed by atoms with Crippen molar-refractivity contribution in [2.75, 3.05) is 14.2 Å². The van der Waals surface area contributed by atoms with Crippen molar-refractivity contribution in [1.82, 2.24) is 5.32 Å². The predicted molar refractivity (Wildman–Crippen MR) is 72.8 cm³/mol. The summed E-state index contributed by atoms with van der Waals surface area (Å²) < 4.78 is 5.38. The molecule has 0 fully saturated rings. The standard InChI is InChI=1S/C14H17NOS/c1-15-12(10-11-6-4-3-5-7-11)14-13(16-2)8-9-17-14/h3-9,12,15H,10H2,1-2H3. The van der Waals surface area contributed by atoms with Crippen LogP contribution in [-0.2, 0) is 6.42 Å². The van der Waals surface area contributed by atoms with Crippen LogP contribution in [0.25, 0.3) is 0 Å². The third kappa shape index (κ3) is 2.87. The second-order valence-corrected chi connectivity index (χ2v) is 4.83. The number of hydrogen-bond acceptors (Lipinski definition) is 3. The molecule has 0 saturated carbocycles. The molecular weight excluding hydrogens is 230 g/mol. The summed E-state index contributed by atoms with van der Waals surface area (Å²) >= 11 is 1.74. The predicted octanol–water partition coefficient (Wildman–Crippen LogP) is 3.26. The second-order valence-electron chi connectivity index (χ2n) is 3.88. The van der Waals surface area contributed by atoms with E-state index in [1.165, 1.54) is 10.4 Å². The summed E-state index contributed by atoms with van der Waals surface area (Å²) in [5.41, 5.74) is 1.34. The molecule has 1 unspecified atom stereocenters. The molecule has 0 spiro atoms. The highest BCUT2D eigenvalue weighted by atomic mass is 32.1. The fourth-order valence-electron chi connectivity index (χ4n) is 1.91. The second kappa shape index (κ2) is 5.84. The average molecular weight is 247 g/mol. The first-order valence-electron chi connectivity index (χ1n) is 5.67. The summed E-state index contributed by atoms with van der Waals surface area (Å²) in [6.07, 6.45) is 0.980. The molecule has 0 aliphatic heterocycles. The fourth-order valence-corrected chi connectivity index (χ4v) is 2.88. The molecule has 17 heavy (non-hydrogen) atoms. The number of rotatable bonds is 5. The van der Waals surface area contributed by atoms with Gasteiger partial charge in [0.05, 0.1) is 12.0 Å². The molecule has 2 nitrogen and oxygen atoms in total. The van der Waals surface area contributed by atoms with Gasteiger partial charge in [0, 0.05) is 6.04 Å². The number of hydrogen-bond donors (Lipinski definition) is 1. The lowest BCUT2D eigenvalue weighted by Crippen LogP contribution is -2.18. The molecule has 1 aromatic carbocycles. The Balaban J connectivity index is 2.17. The van der Waals surface area contributed by atoms with E-state index in [1.807, 2.05) is 19.2 Å². The molecule has 0 aliphatic rings. The van der Waals surface area contributed by atoms with Gasteiger partial charge in [0.25, 0.3) is 0 Å². The van der Waals surface area contributed by atoms with Gasteiger partial charge in [0.2, 0.25) is 0 Å². The van der Waals surface area contributed by atoms with Crippen molar-refractivity contribution < 1.29 is 4.74 Å². The van der Waals surface area contributed by atoms with Gasteiger partial charge in [0.15, 0.2) is 0 Å². The molecule has 0 amide bonds. The summed E-state index contributed by atoms with van der Waals surface area (Å²) in [5.74, 6) is 0.977. The lowest BCUT2D eigenvalue weighted by Gasteiger charge is -2.16. The van der Waals surface area contributed by atoms with Crippen LogP contribution in [0.5, 0.6) is 5.75 Å². The minimum Gasteiger partial charge on any atom is -0.496 e. The van der Waals surface area contributed by atoms with Crippen LogP contribution >= 0.6 is 11.3 Å². The minimum atomic E-state index is 0.312. The SMILES string of the molecule is CNC(Cc1ccccc1)c1sccc1OC. The highest BCUT2D eigenvalue weighted by Crippen LogP contribution is 2.32. The Kier molecular flexibility index (Phi) is 4.18. The van der Waals surface area contributed by atoms with E-state index in [-0.39, 0.29) is 0 Å². The number of benzene rings is 1. The molecule has 0 saturated heterocycles. The van der Waals surface area contributed by atoms with Crippen LogP contribution in [0.4, 0.5) is 0 Å². The quantitative estimate of drug-likeness (QED) is 0.875. The van der Waals surface area contributed by atoms with Gasteiger partial charge in [-0.2, -0.15) is 0 Å². The normalized spacial score (nSPS) is 12.4. The minimum absolute atomic E-state index is 0.312. The van der Waals surface area contributed by atoms with Crippen molar-refractivity contribution in [1.29, 1.82) is 0 Å². The summed E-state index contributed by atoms with van der Waals surface area (Å²) in [5, 5.41) is 5.43. The zero-order valence-corrected chi connectivity index (χ0v) is 11.0. The Morgan fingerprint density at radius 3 is 2.65 bits per heavy atom. The molecule has 2 rings (SSSR count). The first-order chi connectivity index (χ1) is 8.35. The fraction of sp³-hybridized carbons (Fsp3) is 0.286. The van der Waals surface area contributed by atoms with Gasteiger partial charge in [-0.15, -0.1) is 11.3 Å². The van der Waals surface area contributed by atoms with Crippen LogP contribution in [-0.4, -0.2) is 14.2 Å². The summed E-state index contributed by atoms with van der Waals surface area (Å²) in [6, 6.07) is 12.8. The molecule has 1 N–H and O–H groups in total. The van der Waals surface area contributed by atoms with E-state index in [2.05, 4.69) is 35.0 Å². The number of likely N-dealkylation sites (N-methyl/N-ethyl adjacent to an activating group) is 1. The first kappa shape index (κ1) is 12.1. The van der Waals surface area contributed by atoms with Crippen molar-refractivity contribution in [2.45, 2.75) is 12.5 Å². The molecule has 0 aliphatic carbocycles. The molecule has 0 radical (unpaired) electrons. The topological polar surface area (TPSA) is 21.3 Å². The van der Waals surface area contributed by atoms with E-state index < -0.39 is 0 Å². The zero-order valence-electron chi connectivity index (χ0n) is 10.1. The lowest BCUT2D eigenvalue weighted by atomic mass is 10.0. The van der Waals surface area contributed by atoms with Crippen molar-refractivity contribution in [3.8, 4) is 5.75 Å². The first-order valence-corrected chi connectivity index (χ1v) is 6.55. The van der Waals surface area contributed by atoms with Crippen LogP contribution in [0.15, 0.2) is 41.8 Å². The number of nitrogens with one attached hydrogen (secondary N) is 1. The van der Waals surface area contributed by atoms with Crippen molar-refractivity contribution in [3.05, 3.63) is 52.2 Å². The van der Waals surface area contributed by atoms with Gasteiger partial charge in [-0.1, -0.05) is 30.3 Å². The van der Waals surface area contributed by atoms with Gasteiger partial charge in [-0.05, 0) is 30.5 Å². The molecular formula is C14H17NOS. The monoisotopic (exact) mass is 247 g/mol. The summed E-state index contributed by atoms with van der Waals surface area (Å²) in [4.78, 5) is 1.26. The Labute approximate surface area is 106 Å². The molecule has 0 bridgehead atoms. The lowest BCUT2D eigenvalue weighted by molar-refractivity contribution is 0.405. The van der Waals surface area contributed by atoms with E-state index in [4.69, 9.17) is 4.74 Å². The average Bonchev–Trinajstić information content (AvgIpc) is 2.85. The summed E-state index contributed by atoms with van der Waals surface area (Å²) in [7, 11) is 3.72. The van der Waals surface area contributed by atoms with Crippen molar-refractivity contribution in [2.24, 2.45) is 0 Å². The van der Waals surface area contributed by atoms with Crippen molar-refractivity contribution in [3.63, 3.8) is 0 Å². The number of methoxy groups -OCH3 is 1. The van der Waals surface area contributed by atoms with E-state index in [1.54, 1.807) is 18.4 Å². The Morgan fingerprint density at radius 1 is 1.24 bits per heavy atom. The van der Waals surface area contributed by atoms with Gasteiger partial charge >= 0.3 is 0 Å². The van der Waals surface area contributed by atoms with Crippen LogP contribution in [0.3, 0.4) is 0 Å². The van der Waals surface area contributed by atoms with Gasteiger partial charge < -0.3 is 10.1 Å². The van der Waals surface area contributed by atoms with E-state index >= 15 is 0 Å². The molecule has 1 aromatic heterocycles. The maximum Gasteiger partial charge on any atom is 0.134 e. The van der Waals surface area contributed by atoms with Crippen LogP contribution < -0.4 is 10.1 Å². The molecule has 1 heterocycles. The summed E-state index contributed by atoms with van der Waals surface area (Å²) in [6.45, 7) is 0. The molecule has 3 heteroatoms. The van der Waals surface area contributed by atoms with Gasteiger partial charge in [-0.3, -0.25) is 0 Å². The molecule has 1 atom stereocenters. The highest BCUT2D eigenvalue weighted by Gasteiger charge is 2.16. The van der Waals surface area contributed by atoms with Crippen molar-refractivity contribution >= 4 is 11.3 Å². The van der Waals surface area contributed by atoms with Crippen LogP contribution in [0.2, 0.25) is 0 Å². The Hall–Kier alpha value is -1.32. The zero-order chi connectivity index (χ0) is 12.1. The maximum atomic E-state index is 5.38. The maximum absolute atomic E-state index is 5.38. The van der Waals surface area contributed by atoms with E-state index in [0.717, 1.165) is 12.2 Å². The highest BCUT2D eigenvalue weighted by molar-refractivity contribution is 7.10. The van der Waals surface area contributed by atoms with Crippen LogP contribution in [0, 0.1) is 0 Å². The molecule has 90 valence electrons.